The van der Waals surface area contributed by atoms with Crippen molar-refractivity contribution < 1.29 is 4.79 Å². The maximum absolute atomic E-state index is 12.4. The van der Waals surface area contributed by atoms with Crippen molar-refractivity contribution in [3.8, 4) is 0 Å². The lowest BCUT2D eigenvalue weighted by atomic mass is 10.1. The van der Waals surface area contributed by atoms with E-state index in [4.69, 9.17) is 11.6 Å². The number of rotatable bonds is 5. The summed E-state index contributed by atoms with van der Waals surface area (Å²) in [5.74, 6) is 0.322. The Morgan fingerprint density at radius 2 is 1.65 bits per heavy atom. The average molecular weight is 367 g/mol. The van der Waals surface area contributed by atoms with Gasteiger partial charge in [-0.05, 0) is 54.8 Å². The summed E-state index contributed by atoms with van der Waals surface area (Å²) in [7, 11) is 0. The predicted molar refractivity (Wildman–Crippen MR) is 105 cm³/mol. The van der Waals surface area contributed by atoms with Gasteiger partial charge in [0, 0.05) is 17.3 Å². The SMILES string of the molecule is Cc1cccc(C)c1NC(=O)c1ccc(NCc2ccc(Cl)cc2)nn1. The summed E-state index contributed by atoms with van der Waals surface area (Å²) >= 11 is 5.87. The van der Waals surface area contributed by atoms with E-state index >= 15 is 0 Å². The Hall–Kier alpha value is -2.92. The van der Waals surface area contributed by atoms with Crippen molar-refractivity contribution in [3.05, 3.63) is 82.0 Å². The average Bonchev–Trinajstić information content (AvgIpc) is 2.65. The molecular weight excluding hydrogens is 348 g/mol. The minimum atomic E-state index is -0.279. The Morgan fingerprint density at radius 3 is 2.27 bits per heavy atom. The van der Waals surface area contributed by atoms with Gasteiger partial charge in [0.05, 0.1) is 0 Å². The monoisotopic (exact) mass is 366 g/mol. The molecule has 1 heterocycles. The first-order valence-electron chi connectivity index (χ1n) is 8.22. The van der Waals surface area contributed by atoms with Crippen LogP contribution < -0.4 is 10.6 Å². The normalized spacial score (nSPS) is 10.4. The highest BCUT2D eigenvalue weighted by atomic mass is 35.5. The number of benzene rings is 2. The molecule has 0 unspecified atom stereocenters. The Labute approximate surface area is 157 Å². The quantitative estimate of drug-likeness (QED) is 0.691. The molecular formula is C20H19ClN4O. The largest absolute Gasteiger partial charge is 0.365 e. The second-order valence-corrected chi connectivity index (χ2v) is 6.44. The van der Waals surface area contributed by atoms with Crippen LogP contribution in [0.2, 0.25) is 5.02 Å². The smallest absolute Gasteiger partial charge is 0.276 e. The number of amides is 1. The van der Waals surface area contributed by atoms with E-state index in [0.29, 0.717) is 17.4 Å². The molecule has 0 aliphatic heterocycles. The number of aryl methyl sites for hydroxylation is 2. The molecule has 6 heteroatoms. The molecule has 1 aromatic heterocycles. The van der Waals surface area contributed by atoms with E-state index in [2.05, 4.69) is 20.8 Å². The van der Waals surface area contributed by atoms with Gasteiger partial charge in [-0.3, -0.25) is 4.79 Å². The molecule has 2 aromatic carbocycles. The first-order chi connectivity index (χ1) is 12.5. The number of anilines is 2. The Bertz CT molecular complexity index is 888. The lowest BCUT2D eigenvalue weighted by molar-refractivity contribution is 0.102. The molecule has 5 nitrogen and oxygen atoms in total. The van der Waals surface area contributed by atoms with Crippen LogP contribution in [0.1, 0.15) is 27.2 Å². The predicted octanol–water partition coefficient (Wildman–Crippen LogP) is 4.61. The van der Waals surface area contributed by atoms with E-state index < -0.39 is 0 Å². The molecule has 0 radical (unpaired) electrons. The molecule has 0 aliphatic rings. The molecule has 0 saturated heterocycles. The third-order valence-corrected chi connectivity index (χ3v) is 4.26. The van der Waals surface area contributed by atoms with Crippen LogP contribution in [0.4, 0.5) is 11.5 Å². The topological polar surface area (TPSA) is 66.9 Å². The number of carbonyl (C=O) groups excluding carboxylic acids is 1. The second-order valence-electron chi connectivity index (χ2n) is 6.00. The van der Waals surface area contributed by atoms with Gasteiger partial charge in [0.1, 0.15) is 5.82 Å². The molecule has 2 N–H and O–H groups in total. The summed E-state index contributed by atoms with van der Waals surface area (Å²) in [6.45, 7) is 4.51. The highest BCUT2D eigenvalue weighted by Gasteiger charge is 2.11. The first kappa shape index (κ1) is 17.9. The number of para-hydroxylation sites is 1. The van der Waals surface area contributed by atoms with Gasteiger partial charge in [-0.15, -0.1) is 10.2 Å². The minimum absolute atomic E-state index is 0.268. The van der Waals surface area contributed by atoms with E-state index in [1.54, 1.807) is 12.1 Å². The summed E-state index contributed by atoms with van der Waals surface area (Å²) in [6, 6.07) is 16.8. The zero-order chi connectivity index (χ0) is 18.5. The van der Waals surface area contributed by atoms with Crippen molar-refractivity contribution in [2.45, 2.75) is 20.4 Å². The zero-order valence-electron chi connectivity index (χ0n) is 14.6. The van der Waals surface area contributed by atoms with E-state index in [-0.39, 0.29) is 11.6 Å². The van der Waals surface area contributed by atoms with Gasteiger partial charge >= 0.3 is 0 Å². The van der Waals surface area contributed by atoms with Crippen LogP contribution in [-0.4, -0.2) is 16.1 Å². The zero-order valence-corrected chi connectivity index (χ0v) is 15.3. The van der Waals surface area contributed by atoms with E-state index in [1.807, 2.05) is 56.3 Å². The van der Waals surface area contributed by atoms with Gasteiger partial charge in [-0.1, -0.05) is 41.9 Å². The standard InChI is InChI=1S/C20H19ClN4O/c1-13-4-3-5-14(2)19(13)23-20(26)17-10-11-18(25-24-17)22-12-15-6-8-16(21)9-7-15/h3-11H,12H2,1-2H3,(H,22,25)(H,23,26). The molecule has 1 amide bonds. The molecule has 0 aliphatic carbocycles. The van der Waals surface area contributed by atoms with Crippen LogP contribution in [-0.2, 0) is 6.54 Å². The third kappa shape index (κ3) is 4.37. The molecule has 0 spiro atoms. The molecule has 3 rings (SSSR count). The molecule has 0 atom stereocenters. The summed E-state index contributed by atoms with van der Waals surface area (Å²) in [5.41, 5.74) is 4.17. The second kappa shape index (κ2) is 7.97. The number of nitrogens with zero attached hydrogens (tertiary/aromatic N) is 2. The van der Waals surface area contributed by atoms with Crippen LogP contribution in [0.25, 0.3) is 0 Å². The van der Waals surface area contributed by atoms with Crippen molar-refractivity contribution in [2.24, 2.45) is 0 Å². The van der Waals surface area contributed by atoms with Crippen molar-refractivity contribution >= 4 is 29.0 Å². The molecule has 3 aromatic rings. The van der Waals surface area contributed by atoms with E-state index in [0.717, 1.165) is 22.4 Å². The van der Waals surface area contributed by atoms with Gasteiger partial charge < -0.3 is 10.6 Å². The Kier molecular flexibility index (Phi) is 5.49. The number of hydrogen-bond acceptors (Lipinski definition) is 4. The minimum Gasteiger partial charge on any atom is -0.365 e. The van der Waals surface area contributed by atoms with Crippen molar-refractivity contribution in [1.82, 2.24) is 10.2 Å². The highest BCUT2D eigenvalue weighted by Crippen LogP contribution is 2.20. The molecule has 26 heavy (non-hydrogen) atoms. The van der Waals surface area contributed by atoms with Gasteiger partial charge in [-0.25, -0.2) is 0 Å². The van der Waals surface area contributed by atoms with E-state index in [9.17, 15) is 4.79 Å². The lowest BCUT2D eigenvalue weighted by Gasteiger charge is -2.11. The maximum atomic E-state index is 12.4. The van der Waals surface area contributed by atoms with Crippen LogP contribution in [0.15, 0.2) is 54.6 Å². The van der Waals surface area contributed by atoms with Crippen molar-refractivity contribution in [1.29, 1.82) is 0 Å². The van der Waals surface area contributed by atoms with Gasteiger partial charge in [0.15, 0.2) is 5.69 Å². The molecule has 132 valence electrons. The molecule has 0 fully saturated rings. The summed E-state index contributed by atoms with van der Waals surface area (Å²) in [4.78, 5) is 12.4. The van der Waals surface area contributed by atoms with Crippen LogP contribution in [0.3, 0.4) is 0 Å². The fraction of sp³-hybridized carbons (Fsp3) is 0.150. The van der Waals surface area contributed by atoms with Gasteiger partial charge in [0.2, 0.25) is 0 Å². The number of nitrogens with one attached hydrogen (secondary N) is 2. The Morgan fingerprint density at radius 1 is 0.962 bits per heavy atom. The summed E-state index contributed by atoms with van der Waals surface area (Å²) < 4.78 is 0. The number of hydrogen-bond donors (Lipinski definition) is 2. The molecule has 0 saturated carbocycles. The molecule has 0 bridgehead atoms. The van der Waals surface area contributed by atoms with Crippen molar-refractivity contribution in [3.63, 3.8) is 0 Å². The fourth-order valence-electron chi connectivity index (χ4n) is 2.53. The number of carbonyl (C=O) groups is 1. The van der Waals surface area contributed by atoms with Crippen LogP contribution >= 0.6 is 11.6 Å². The Balaban J connectivity index is 1.63. The van der Waals surface area contributed by atoms with Gasteiger partial charge in [0.25, 0.3) is 5.91 Å². The fourth-order valence-corrected chi connectivity index (χ4v) is 2.66. The third-order valence-electron chi connectivity index (χ3n) is 4.00. The van der Waals surface area contributed by atoms with Gasteiger partial charge in [-0.2, -0.15) is 0 Å². The van der Waals surface area contributed by atoms with Crippen LogP contribution in [0, 0.1) is 13.8 Å². The number of aromatic nitrogens is 2. The lowest BCUT2D eigenvalue weighted by Crippen LogP contribution is -2.16. The van der Waals surface area contributed by atoms with Crippen molar-refractivity contribution in [2.75, 3.05) is 10.6 Å². The van der Waals surface area contributed by atoms with Crippen LogP contribution in [0.5, 0.6) is 0 Å². The summed E-state index contributed by atoms with van der Waals surface area (Å²) in [5, 5.41) is 14.9. The first-order valence-corrected chi connectivity index (χ1v) is 8.60. The highest BCUT2D eigenvalue weighted by molar-refractivity contribution is 6.30. The number of halogens is 1. The maximum Gasteiger partial charge on any atom is 0.276 e. The summed E-state index contributed by atoms with van der Waals surface area (Å²) in [6.07, 6.45) is 0. The van der Waals surface area contributed by atoms with E-state index in [1.165, 1.54) is 0 Å².